The maximum absolute atomic E-state index is 5.38. The minimum atomic E-state index is 0.646. The molecular formula is C18H18N2O2. The van der Waals surface area contributed by atoms with Gasteiger partial charge in [-0.25, -0.2) is 4.98 Å². The summed E-state index contributed by atoms with van der Waals surface area (Å²) < 4.78 is 10.7. The van der Waals surface area contributed by atoms with Crippen molar-refractivity contribution >= 4 is 16.6 Å². The number of pyridine rings is 1. The van der Waals surface area contributed by atoms with Gasteiger partial charge >= 0.3 is 0 Å². The summed E-state index contributed by atoms with van der Waals surface area (Å²) in [5.74, 6) is 2.52. The number of methoxy groups -OCH3 is 2. The Bertz CT molecular complexity index is 787. The highest BCUT2D eigenvalue weighted by Crippen LogP contribution is 2.26. The van der Waals surface area contributed by atoms with Crippen molar-refractivity contribution in [2.45, 2.75) is 6.54 Å². The van der Waals surface area contributed by atoms with Gasteiger partial charge in [0.25, 0.3) is 0 Å². The van der Waals surface area contributed by atoms with Crippen LogP contribution in [0.4, 0.5) is 5.82 Å². The van der Waals surface area contributed by atoms with Gasteiger partial charge in [-0.2, -0.15) is 0 Å². The molecule has 0 spiro atoms. The molecule has 0 aliphatic rings. The molecule has 0 aliphatic carbocycles. The Labute approximate surface area is 129 Å². The van der Waals surface area contributed by atoms with Crippen LogP contribution in [0.5, 0.6) is 11.5 Å². The molecule has 0 fully saturated rings. The Balaban J connectivity index is 1.90. The smallest absolute Gasteiger partial charge is 0.134 e. The summed E-state index contributed by atoms with van der Waals surface area (Å²) in [5.41, 5.74) is 1.09. The largest absolute Gasteiger partial charge is 0.497 e. The SMILES string of the molecule is COc1ccc2ccnc(NCc3ccccc3OC)c2c1. The Morgan fingerprint density at radius 1 is 1.00 bits per heavy atom. The van der Waals surface area contributed by atoms with E-state index in [-0.39, 0.29) is 0 Å². The fourth-order valence-corrected chi connectivity index (χ4v) is 2.44. The van der Waals surface area contributed by atoms with Crippen molar-refractivity contribution in [1.82, 2.24) is 4.98 Å². The van der Waals surface area contributed by atoms with Gasteiger partial charge in [0.05, 0.1) is 14.2 Å². The highest BCUT2D eigenvalue weighted by Gasteiger charge is 2.06. The molecule has 112 valence electrons. The second-order valence-corrected chi connectivity index (χ2v) is 4.91. The van der Waals surface area contributed by atoms with Gasteiger partial charge in [0, 0.05) is 23.7 Å². The van der Waals surface area contributed by atoms with Crippen LogP contribution >= 0.6 is 0 Å². The molecule has 0 aliphatic heterocycles. The lowest BCUT2D eigenvalue weighted by atomic mass is 10.1. The summed E-state index contributed by atoms with van der Waals surface area (Å²) in [5, 5.41) is 5.55. The molecule has 0 bridgehead atoms. The maximum atomic E-state index is 5.38. The number of fused-ring (bicyclic) bond motifs is 1. The molecular weight excluding hydrogens is 276 g/mol. The number of benzene rings is 2. The van der Waals surface area contributed by atoms with Gasteiger partial charge in [-0.3, -0.25) is 0 Å². The predicted molar refractivity (Wildman–Crippen MR) is 88.6 cm³/mol. The summed E-state index contributed by atoms with van der Waals surface area (Å²) in [6.45, 7) is 0.646. The van der Waals surface area contributed by atoms with Crippen LogP contribution in [0.1, 0.15) is 5.56 Å². The molecule has 0 atom stereocenters. The van der Waals surface area contributed by atoms with E-state index in [4.69, 9.17) is 9.47 Å². The Morgan fingerprint density at radius 2 is 1.86 bits per heavy atom. The van der Waals surface area contributed by atoms with Gasteiger partial charge < -0.3 is 14.8 Å². The van der Waals surface area contributed by atoms with Crippen LogP contribution in [0.15, 0.2) is 54.7 Å². The topological polar surface area (TPSA) is 43.4 Å². The molecule has 4 nitrogen and oxygen atoms in total. The van der Waals surface area contributed by atoms with Gasteiger partial charge in [-0.1, -0.05) is 24.3 Å². The van der Waals surface area contributed by atoms with Gasteiger partial charge in [0.2, 0.25) is 0 Å². The monoisotopic (exact) mass is 294 g/mol. The van der Waals surface area contributed by atoms with Crippen molar-refractivity contribution in [3.8, 4) is 11.5 Å². The van der Waals surface area contributed by atoms with Gasteiger partial charge in [-0.05, 0) is 29.7 Å². The minimum Gasteiger partial charge on any atom is -0.497 e. The van der Waals surface area contributed by atoms with E-state index in [9.17, 15) is 0 Å². The number of aromatic nitrogens is 1. The molecule has 0 unspecified atom stereocenters. The van der Waals surface area contributed by atoms with Crippen molar-refractivity contribution in [2.24, 2.45) is 0 Å². The van der Waals surface area contributed by atoms with Crippen LogP contribution in [0.2, 0.25) is 0 Å². The van der Waals surface area contributed by atoms with E-state index in [0.29, 0.717) is 6.54 Å². The number of anilines is 1. The number of nitrogens with one attached hydrogen (secondary N) is 1. The average Bonchev–Trinajstić information content (AvgIpc) is 2.59. The van der Waals surface area contributed by atoms with Crippen LogP contribution < -0.4 is 14.8 Å². The Hall–Kier alpha value is -2.75. The summed E-state index contributed by atoms with van der Waals surface area (Å²) in [6.07, 6.45) is 1.80. The lowest BCUT2D eigenvalue weighted by molar-refractivity contribution is 0.410. The molecule has 0 saturated carbocycles. The van der Waals surface area contributed by atoms with Crippen LogP contribution in [0.3, 0.4) is 0 Å². The zero-order valence-electron chi connectivity index (χ0n) is 12.7. The van der Waals surface area contributed by atoms with Crippen molar-refractivity contribution < 1.29 is 9.47 Å². The molecule has 1 aromatic heterocycles. The van der Waals surface area contributed by atoms with Gasteiger partial charge in [0.1, 0.15) is 17.3 Å². The van der Waals surface area contributed by atoms with E-state index in [2.05, 4.69) is 10.3 Å². The zero-order chi connectivity index (χ0) is 15.4. The third-order valence-corrected chi connectivity index (χ3v) is 3.61. The quantitative estimate of drug-likeness (QED) is 0.776. The average molecular weight is 294 g/mol. The highest BCUT2D eigenvalue weighted by molar-refractivity contribution is 5.92. The van der Waals surface area contributed by atoms with E-state index in [1.54, 1.807) is 20.4 Å². The van der Waals surface area contributed by atoms with Gasteiger partial charge in [-0.15, -0.1) is 0 Å². The number of rotatable bonds is 5. The van der Waals surface area contributed by atoms with Crippen molar-refractivity contribution in [2.75, 3.05) is 19.5 Å². The summed E-state index contributed by atoms with van der Waals surface area (Å²) >= 11 is 0. The molecule has 0 amide bonds. The van der Waals surface area contributed by atoms with Crippen molar-refractivity contribution in [3.05, 3.63) is 60.3 Å². The van der Waals surface area contributed by atoms with Crippen LogP contribution in [0, 0.1) is 0 Å². The molecule has 4 heteroatoms. The van der Waals surface area contributed by atoms with E-state index in [1.165, 1.54) is 0 Å². The van der Waals surface area contributed by atoms with Crippen molar-refractivity contribution in [1.29, 1.82) is 0 Å². The molecule has 1 heterocycles. The summed E-state index contributed by atoms with van der Waals surface area (Å²) in [4.78, 5) is 4.45. The lowest BCUT2D eigenvalue weighted by Gasteiger charge is -2.12. The van der Waals surface area contributed by atoms with Crippen LogP contribution in [-0.2, 0) is 6.54 Å². The highest BCUT2D eigenvalue weighted by atomic mass is 16.5. The van der Waals surface area contributed by atoms with Crippen LogP contribution in [0.25, 0.3) is 10.8 Å². The van der Waals surface area contributed by atoms with E-state index in [1.807, 2.05) is 48.5 Å². The number of para-hydroxylation sites is 1. The molecule has 1 N–H and O–H groups in total. The summed E-state index contributed by atoms with van der Waals surface area (Å²) in [6, 6.07) is 15.9. The third-order valence-electron chi connectivity index (χ3n) is 3.61. The molecule has 0 radical (unpaired) electrons. The normalized spacial score (nSPS) is 10.5. The van der Waals surface area contributed by atoms with E-state index in [0.717, 1.165) is 33.7 Å². The second kappa shape index (κ2) is 6.35. The lowest BCUT2D eigenvalue weighted by Crippen LogP contribution is -2.03. The number of hydrogen-bond donors (Lipinski definition) is 1. The third kappa shape index (κ3) is 2.81. The Kier molecular flexibility index (Phi) is 4.10. The second-order valence-electron chi connectivity index (χ2n) is 4.91. The fraction of sp³-hybridized carbons (Fsp3) is 0.167. The molecule has 2 aromatic carbocycles. The first-order chi connectivity index (χ1) is 10.8. The molecule has 22 heavy (non-hydrogen) atoms. The first-order valence-electron chi connectivity index (χ1n) is 7.10. The predicted octanol–water partition coefficient (Wildman–Crippen LogP) is 3.86. The first-order valence-corrected chi connectivity index (χ1v) is 7.10. The number of ether oxygens (including phenoxy) is 2. The standard InChI is InChI=1S/C18H18N2O2/c1-21-15-8-7-13-9-10-19-18(16(13)11-15)20-12-14-5-3-4-6-17(14)22-2/h3-11H,12H2,1-2H3,(H,19,20). The molecule has 3 rings (SSSR count). The fourth-order valence-electron chi connectivity index (χ4n) is 2.44. The first kappa shape index (κ1) is 14.2. The van der Waals surface area contributed by atoms with Crippen LogP contribution in [-0.4, -0.2) is 19.2 Å². The summed E-state index contributed by atoms with van der Waals surface area (Å²) in [7, 11) is 3.35. The van der Waals surface area contributed by atoms with E-state index < -0.39 is 0 Å². The minimum absolute atomic E-state index is 0.646. The van der Waals surface area contributed by atoms with Crippen molar-refractivity contribution in [3.63, 3.8) is 0 Å². The molecule has 3 aromatic rings. The van der Waals surface area contributed by atoms with E-state index >= 15 is 0 Å². The number of nitrogens with zero attached hydrogens (tertiary/aromatic N) is 1. The van der Waals surface area contributed by atoms with Gasteiger partial charge in [0.15, 0.2) is 0 Å². The zero-order valence-corrected chi connectivity index (χ0v) is 12.7. The molecule has 0 saturated heterocycles. The maximum Gasteiger partial charge on any atom is 0.134 e. The Morgan fingerprint density at radius 3 is 2.68 bits per heavy atom. The number of hydrogen-bond acceptors (Lipinski definition) is 4.